The number of carbonyl (C=O) groups is 2. The van der Waals surface area contributed by atoms with E-state index in [0.717, 1.165) is 22.9 Å². The zero-order valence-corrected chi connectivity index (χ0v) is 19.7. The number of H-pyrrole nitrogens is 1. The standard InChI is InChI=1S/C24H26FN5O3S/c1-14-12-26-21(28-14)23(32)30-17-8-6-16(7-9-17)29-22(31)20-10-15(25)13-27-24(20)33-18-4-3-5-19(11-18)34-2/h3-5,10-13,16-17H,6-9H2,1-2H3,(H,26,28)(H,29,31)(H,30,32). The minimum Gasteiger partial charge on any atom is -0.438 e. The van der Waals surface area contributed by atoms with Crippen molar-refractivity contribution in [1.82, 2.24) is 25.6 Å². The summed E-state index contributed by atoms with van der Waals surface area (Å²) < 4.78 is 19.7. The van der Waals surface area contributed by atoms with Crippen LogP contribution in [0.15, 0.2) is 47.6 Å². The van der Waals surface area contributed by atoms with Gasteiger partial charge >= 0.3 is 0 Å². The fourth-order valence-corrected chi connectivity index (χ4v) is 4.32. The smallest absolute Gasteiger partial charge is 0.287 e. The van der Waals surface area contributed by atoms with Gasteiger partial charge in [-0.1, -0.05) is 6.07 Å². The molecule has 1 aromatic carbocycles. The van der Waals surface area contributed by atoms with Crippen LogP contribution in [0.1, 0.15) is 52.4 Å². The number of aryl methyl sites for hydroxylation is 1. The molecule has 0 spiro atoms. The SMILES string of the molecule is CSc1cccc(Oc2ncc(F)cc2C(=O)NC2CCC(NC(=O)c3nc(C)c[nH]3)CC2)c1. The van der Waals surface area contributed by atoms with Crippen molar-refractivity contribution in [2.75, 3.05) is 6.26 Å². The number of halogens is 1. The second kappa shape index (κ2) is 10.7. The van der Waals surface area contributed by atoms with E-state index in [9.17, 15) is 14.0 Å². The Bertz CT molecular complexity index is 1180. The van der Waals surface area contributed by atoms with Crippen LogP contribution in [-0.2, 0) is 0 Å². The number of nitrogens with one attached hydrogen (secondary N) is 3. The summed E-state index contributed by atoms with van der Waals surface area (Å²) >= 11 is 1.56. The molecule has 1 saturated carbocycles. The highest BCUT2D eigenvalue weighted by molar-refractivity contribution is 7.98. The number of thioether (sulfide) groups is 1. The van der Waals surface area contributed by atoms with Gasteiger partial charge in [-0.2, -0.15) is 0 Å². The van der Waals surface area contributed by atoms with Gasteiger partial charge in [-0.25, -0.2) is 14.4 Å². The van der Waals surface area contributed by atoms with Crippen LogP contribution in [0, 0.1) is 12.7 Å². The van der Waals surface area contributed by atoms with E-state index in [1.807, 2.05) is 31.4 Å². The zero-order chi connectivity index (χ0) is 24.1. The number of imidazole rings is 1. The Morgan fingerprint density at radius 1 is 1.12 bits per heavy atom. The lowest BCUT2D eigenvalue weighted by Crippen LogP contribution is -2.44. The van der Waals surface area contributed by atoms with Crippen molar-refractivity contribution in [2.45, 2.75) is 49.6 Å². The largest absolute Gasteiger partial charge is 0.438 e. The molecule has 34 heavy (non-hydrogen) atoms. The topological polar surface area (TPSA) is 109 Å². The molecule has 4 rings (SSSR count). The van der Waals surface area contributed by atoms with Gasteiger partial charge in [0.1, 0.15) is 17.1 Å². The molecule has 178 valence electrons. The van der Waals surface area contributed by atoms with Crippen molar-refractivity contribution in [2.24, 2.45) is 0 Å². The maximum Gasteiger partial charge on any atom is 0.287 e. The van der Waals surface area contributed by atoms with Crippen molar-refractivity contribution in [3.8, 4) is 11.6 Å². The van der Waals surface area contributed by atoms with E-state index in [0.29, 0.717) is 37.3 Å². The molecule has 10 heteroatoms. The van der Waals surface area contributed by atoms with Gasteiger partial charge in [-0.3, -0.25) is 9.59 Å². The summed E-state index contributed by atoms with van der Waals surface area (Å²) in [6.45, 7) is 1.81. The first-order chi connectivity index (χ1) is 16.4. The molecule has 0 aliphatic heterocycles. The van der Waals surface area contributed by atoms with Crippen LogP contribution in [0.4, 0.5) is 4.39 Å². The molecule has 0 saturated heterocycles. The number of hydrogen-bond acceptors (Lipinski definition) is 6. The molecule has 2 amide bonds. The molecule has 0 radical (unpaired) electrons. The zero-order valence-electron chi connectivity index (χ0n) is 18.9. The molecule has 0 bridgehead atoms. The Morgan fingerprint density at radius 2 is 1.82 bits per heavy atom. The first-order valence-electron chi connectivity index (χ1n) is 11.0. The van der Waals surface area contributed by atoms with Gasteiger partial charge in [0.15, 0.2) is 5.82 Å². The fraction of sp³-hybridized carbons (Fsp3) is 0.333. The van der Waals surface area contributed by atoms with Gasteiger partial charge in [-0.05, 0) is 63.1 Å². The Balaban J connectivity index is 1.35. The van der Waals surface area contributed by atoms with E-state index in [-0.39, 0.29) is 29.4 Å². The van der Waals surface area contributed by atoms with Crippen molar-refractivity contribution < 1.29 is 18.7 Å². The van der Waals surface area contributed by atoms with Crippen LogP contribution in [-0.4, -0.2) is 45.1 Å². The molecule has 1 aliphatic rings. The number of carbonyl (C=O) groups excluding carboxylic acids is 2. The summed E-state index contributed by atoms with van der Waals surface area (Å²) in [5.41, 5.74) is 0.793. The monoisotopic (exact) mass is 483 g/mol. The Kier molecular flexibility index (Phi) is 7.46. The van der Waals surface area contributed by atoms with Gasteiger partial charge in [0.05, 0.1) is 11.9 Å². The molecule has 1 fully saturated rings. The second-order valence-corrected chi connectivity index (χ2v) is 9.05. The van der Waals surface area contributed by atoms with Crippen LogP contribution in [0.5, 0.6) is 11.6 Å². The lowest BCUT2D eigenvalue weighted by Gasteiger charge is -2.29. The molecule has 0 unspecified atom stereocenters. The molecule has 2 aromatic heterocycles. The number of hydrogen-bond donors (Lipinski definition) is 3. The highest BCUT2D eigenvalue weighted by Crippen LogP contribution is 2.28. The lowest BCUT2D eigenvalue weighted by atomic mass is 9.91. The van der Waals surface area contributed by atoms with Crippen LogP contribution >= 0.6 is 11.8 Å². The number of nitrogens with zero attached hydrogens (tertiary/aromatic N) is 2. The van der Waals surface area contributed by atoms with Crippen molar-refractivity contribution in [1.29, 1.82) is 0 Å². The number of aromatic amines is 1. The van der Waals surface area contributed by atoms with Gasteiger partial charge < -0.3 is 20.4 Å². The molecule has 3 N–H and O–H groups in total. The second-order valence-electron chi connectivity index (χ2n) is 8.17. The Labute approximate surface area is 201 Å². The Morgan fingerprint density at radius 3 is 2.47 bits per heavy atom. The quantitative estimate of drug-likeness (QED) is 0.434. The maximum atomic E-state index is 13.9. The number of ether oxygens (including phenoxy) is 1. The molecule has 3 aromatic rings. The summed E-state index contributed by atoms with van der Waals surface area (Å²) in [6.07, 6.45) is 7.45. The molecule has 0 atom stereocenters. The van der Waals surface area contributed by atoms with E-state index in [4.69, 9.17) is 4.74 Å². The normalized spacial score (nSPS) is 17.7. The third kappa shape index (κ3) is 5.93. The van der Waals surface area contributed by atoms with Crippen LogP contribution in [0.25, 0.3) is 0 Å². The number of pyridine rings is 1. The molecular formula is C24H26FN5O3S. The molecule has 8 nitrogen and oxygen atoms in total. The number of benzene rings is 1. The van der Waals surface area contributed by atoms with Gasteiger partial charge in [0.2, 0.25) is 5.88 Å². The highest BCUT2D eigenvalue weighted by Gasteiger charge is 2.26. The van der Waals surface area contributed by atoms with Crippen LogP contribution in [0.3, 0.4) is 0 Å². The number of aromatic nitrogens is 3. The average molecular weight is 484 g/mol. The highest BCUT2D eigenvalue weighted by atomic mass is 32.2. The predicted molar refractivity (Wildman–Crippen MR) is 127 cm³/mol. The summed E-state index contributed by atoms with van der Waals surface area (Å²) in [5, 5.41) is 5.94. The number of amides is 2. The number of rotatable bonds is 7. The van der Waals surface area contributed by atoms with Crippen molar-refractivity contribution in [3.63, 3.8) is 0 Å². The van der Waals surface area contributed by atoms with Gasteiger partial charge in [-0.15, -0.1) is 11.8 Å². The van der Waals surface area contributed by atoms with E-state index < -0.39 is 11.7 Å². The summed E-state index contributed by atoms with van der Waals surface area (Å²) in [5.74, 6) is -0.438. The molecule has 1 aliphatic carbocycles. The third-order valence-corrected chi connectivity index (χ3v) is 6.36. The van der Waals surface area contributed by atoms with E-state index in [1.165, 1.54) is 0 Å². The minimum absolute atomic E-state index is 0.00417. The summed E-state index contributed by atoms with van der Waals surface area (Å²) in [7, 11) is 0. The van der Waals surface area contributed by atoms with Gasteiger partial charge in [0.25, 0.3) is 11.8 Å². The first-order valence-corrected chi connectivity index (χ1v) is 12.2. The third-order valence-electron chi connectivity index (χ3n) is 5.64. The predicted octanol–water partition coefficient (Wildman–Crippen LogP) is 4.24. The summed E-state index contributed by atoms with van der Waals surface area (Å²) in [6, 6.07) is 8.41. The van der Waals surface area contributed by atoms with E-state index in [1.54, 1.807) is 24.0 Å². The van der Waals surface area contributed by atoms with E-state index in [2.05, 4.69) is 25.6 Å². The van der Waals surface area contributed by atoms with Crippen molar-refractivity contribution >= 4 is 23.6 Å². The molecule has 2 heterocycles. The fourth-order valence-electron chi connectivity index (χ4n) is 3.88. The van der Waals surface area contributed by atoms with Crippen LogP contribution in [0.2, 0.25) is 0 Å². The summed E-state index contributed by atoms with van der Waals surface area (Å²) in [4.78, 5) is 37.3. The molecular weight excluding hydrogens is 457 g/mol. The van der Waals surface area contributed by atoms with Crippen LogP contribution < -0.4 is 15.4 Å². The van der Waals surface area contributed by atoms with Crippen molar-refractivity contribution in [3.05, 3.63) is 65.6 Å². The average Bonchev–Trinajstić information content (AvgIpc) is 3.28. The lowest BCUT2D eigenvalue weighted by molar-refractivity contribution is 0.0885. The van der Waals surface area contributed by atoms with Gasteiger partial charge in [0, 0.05) is 23.2 Å². The Hall–Kier alpha value is -3.40. The van der Waals surface area contributed by atoms with E-state index >= 15 is 0 Å². The minimum atomic E-state index is -0.616. The maximum absolute atomic E-state index is 13.9. The first kappa shape index (κ1) is 23.7.